The van der Waals surface area contributed by atoms with Crippen LogP contribution in [0.15, 0.2) is 54.6 Å². The number of rotatable bonds is 8. The highest BCUT2D eigenvalue weighted by Gasteiger charge is 2.31. The van der Waals surface area contributed by atoms with E-state index in [4.69, 9.17) is 4.74 Å². The van der Waals surface area contributed by atoms with Crippen molar-refractivity contribution >= 4 is 30.0 Å². The molecule has 1 atom stereocenters. The van der Waals surface area contributed by atoms with Crippen LogP contribution in [0.2, 0.25) is 0 Å². The highest BCUT2D eigenvalue weighted by molar-refractivity contribution is 7.98. The minimum atomic E-state index is -0.943. The molecule has 6 heteroatoms. The van der Waals surface area contributed by atoms with Gasteiger partial charge in [-0.05, 0) is 35.6 Å². The molecular formula is C20H21NO4S. The summed E-state index contributed by atoms with van der Waals surface area (Å²) >= 11 is 1.53. The fourth-order valence-electron chi connectivity index (χ4n) is 2.68. The molecule has 0 heterocycles. The highest BCUT2D eigenvalue weighted by atomic mass is 32.2. The van der Waals surface area contributed by atoms with E-state index in [0.717, 1.165) is 10.5 Å². The van der Waals surface area contributed by atoms with Crippen LogP contribution in [0.25, 0.3) is 11.1 Å². The van der Waals surface area contributed by atoms with Gasteiger partial charge < -0.3 is 4.74 Å². The van der Waals surface area contributed by atoms with Crippen LogP contribution in [0.3, 0.4) is 0 Å². The summed E-state index contributed by atoms with van der Waals surface area (Å²) in [5, 5.41) is 0. The number of thioether (sulfide) groups is 1. The van der Waals surface area contributed by atoms with Crippen LogP contribution in [-0.4, -0.2) is 48.3 Å². The Morgan fingerprint density at radius 3 is 2.38 bits per heavy atom. The van der Waals surface area contributed by atoms with E-state index < -0.39 is 17.9 Å². The van der Waals surface area contributed by atoms with E-state index in [2.05, 4.69) is 0 Å². The van der Waals surface area contributed by atoms with E-state index in [1.54, 1.807) is 12.1 Å². The van der Waals surface area contributed by atoms with Gasteiger partial charge in [0.1, 0.15) is 6.04 Å². The Morgan fingerprint density at radius 1 is 1.12 bits per heavy atom. The number of methoxy groups -OCH3 is 1. The number of esters is 1. The van der Waals surface area contributed by atoms with E-state index in [9.17, 15) is 14.4 Å². The first-order chi connectivity index (χ1) is 12.6. The van der Waals surface area contributed by atoms with Gasteiger partial charge in [-0.2, -0.15) is 11.8 Å². The number of nitrogens with zero attached hydrogens (tertiary/aromatic N) is 1. The Morgan fingerprint density at radius 2 is 1.77 bits per heavy atom. The maximum Gasteiger partial charge on any atom is 0.329 e. The number of carbonyl (C=O) groups excluding carboxylic acids is 3. The molecule has 0 aliphatic rings. The van der Waals surface area contributed by atoms with Crippen LogP contribution in [0.1, 0.15) is 16.8 Å². The maximum atomic E-state index is 13.1. The lowest BCUT2D eigenvalue weighted by atomic mass is 9.98. The van der Waals surface area contributed by atoms with Crippen molar-refractivity contribution in [3.05, 3.63) is 60.2 Å². The third-order valence-corrected chi connectivity index (χ3v) is 4.64. The molecule has 0 unspecified atom stereocenters. The number of benzene rings is 2. The molecular weight excluding hydrogens is 350 g/mol. The number of imide groups is 1. The van der Waals surface area contributed by atoms with Crippen LogP contribution < -0.4 is 0 Å². The first-order valence-electron chi connectivity index (χ1n) is 8.13. The Labute approximate surface area is 157 Å². The molecule has 0 aliphatic heterocycles. The lowest BCUT2D eigenvalue weighted by Crippen LogP contribution is -2.45. The van der Waals surface area contributed by atoms with E-state index in [1.807, 2.05) is 48.7 Å². The van der Waals surface area contributed by atoms with Crippen LogP contribution in [0.5, 0.6) is 0 Å². The van der Waals surface area contributed by atoms with Crippen molar-refractivity contribution in [3.8, 4) is 11.1 Å². The zero-order chi connectivity index (χ0) is 18.9. The number of ether oxygens (including phenoxy) is 1. The molecule has 0 N–H and O–H groups in total. The zero-order valence-corrected chi connectivity index (χ0v) is 15.6. The van der Waals surface area contributed by atoms with E-state index in [1.165, 1.54) is 18.9 Å². The number of amides is 2. The summed E-state index contributed by atoms with van der Waals surface area (Å²) in [6.07, 6.45) is 2.64. The standard InChI is InChI=1S/C20H21NO4S/c1-25-20(24)18(12-13-26-2)21(14-22)19(23)17-11-7-6-10-16(17)15-8-4-3-5-9-15/h3-11,14,18H,12-13H2,1-2H3/t18-/m0/s1. The molecule has 136 valence electrons. The summed E-state index contributed by atoms with van der Waals surface area (Å²) in [6.45, 7) is 0. The smallest absolute Gasteiger partial charge is 0.329 e. The van der Waals surface area contributed by atoms with Gasteiger partial charge in [-0.25, -0.2) is 4.79 Å². The van der Waals surface area contributed by atoms with Gasteiger partial charge in [0.15, 0.2) is 0 Å². The van der Waals surface area contributed by atoms with Crippen LogP contribution in [0, 0.1) is 0 Å². The second kappa shape index (κ2) is 9.77. The molecule has 2 amide bonds. The van der Waals surface area contributed by atoms with Gasteiger partial charge in [0.05, 0.1) is 7.11 Å². The van der Waals surface area contributed by atoms with Gasteiger partial charge in [-0.15, -0.1) is 0 Å². The van der Waals surface area contributed by atoms with E-state index in [0.29, 0.717) is 29.7 Å². The Kier molecular flexibility index (Phi) is 7.41. The Bertz CT molecular complexity index is 763. The van der Waals surface area contributed by atoms with Crippen molar-refractivity contribution in [2.24, 2.45) is 0 Å². The summed E-state index contributed by atoms with van der Waals surface area (Å²) < 4.78 is 4.79. The van der Waals surface area contributed by atoms with Gasteiger partial charge in [-0.3, -0.25) is 14.5 Å². The van der Waals surface area contributed by atoms with Gasteiger partial charge in [0, 0.05) is 5.56 Å². The fraction of sp³-hybridized carbons (Fsp3) is 0.250. The summed E-state index contributed by atoms with van der Waals surface area (Å²) in [4.78, 5) is 37.8. The third-order valence-electron chi connectivity index (χ3n) is 3.99. The molecule has 0 spiro atoms. The molecule has 0 bridgehead atoms. The molecule has 0 fully saturated rings. The average Bonchev–Trinajstić information content (AvgIpc) is 2.70. The molecule has 0 aromatic heterocycles. The van der Waals surface area contributed by atoms with Crippen molar-refractivity contribution in [2.45, 2.75) is 12.5 Å². The molecule has 26 heavy (non-hydrogen) atoms. The van der Waals surface area contributed by atoms with Crippen LogP contribution in [-0.2, 0) is 14.3 Å². The van der Waals surface area contributed by atoms with Crippen LogP contribution >= 0.6 is 11.8 Å². The lowest BCUT2D eigenvalue weighted by Gasteiger charge is -2.25. The zero-order valence-electron chi connectivity index (χ0n) is 14.8. The average molecular weight is 371 g/mol. The van der Waals surface area contributed by atoms with Crippen molar-refractivity contribution in [1.29, 1.82) is 0 Å². The van der Waals surface area contributed by atoms with Gasteiger partial charge >= 0.3 is 5.97 Å². The van der Waals surface area contributed by atoms with Crippen molar-refractivity contribution in [3.63, 3.8) is 0 Å². The second-order valence-corrected chi connectivity index (χ2v) is 6.54. The number of hydrogen-bond acceptors (Lipinski definition) is 5. The lowest BCUT2D eigenvalue weighted by molar-refractivity contribution is -0.148. The Balaban J connectivity index is 2.42. The van der Waals surface area contributed by atoms with Gasteiger partial charge in [0.25, 0.3) is 5.91 Å². The molecule has 0 saturated heterocycles. The van der Waals surface area contributed by atoms with Gasteiger partial charge in [-0.1, -0.05) is 48.5 Å². The molecule has 0 saturated carbocycles. The van der Waals surface area contributed by atoms with Crippen molar-refractivity contribution < 1.29 is 19.1 Å². The highest BCUT2D eigenvalue weighted by Crippen LogP contribution is 2.25. The number of carbonyl (C=O) groups is 3. The summed E-state index contributed by atoms with van der Waals surface area (Å²) in [6, 6.07) is 15.5. The summed E-state index contributed by atoms with van der Waals surface area (Å²) in [5.74, 6) is -0.495. The third kappa shape index (κ3) is 4.52. The SMILES string of the molecule is COC(=O)[C@H](CCSC)N(C=O)C(=O)c1ccccc1-c1ccccc1. The van der Waals surface area contributed by atoms with Crippen molar-refractivity contribution in [1.82, 2.24) is 4.90 Å². The number of hydrogen-bond donors (Lipinski definition) is 0. The maximum absolute atomic E-state index is 13.1. The molecule has 2 rings (SSSR count). The monoisotopic (exact) mass is 371 g/mol. The predicted molar refractivity (Wildman–Crippen MR) is 103 cm³/mol. The Hall–Kier alpha value is -2.60. The molecule has 5 nitrogen and oxygen atoms in total. The predicted octanol–water partition coefficient (Wildman–Crippen LogP) is 3.25. The van der Waals surface area contributed by atoms with E-state index >= 15 is 0 Å². The minimum Gasteiger partial charge on any atom is -0.467 e. The normalized spacial score (nSPS) is 11.5. The second-order valence-electron chi connectivity index (χ2n) is 5.55. The van der Waals surface area contributed by atoms with Gasteiger partial charge in [0.2, 0.25) is 6.41 Å². The molecule has 2 aromatic carbocycles. The molecule has 0 aliphatic carbocycles. The first-order valence-corrected chi connectivity index (χ1v) is 9.52. The minimum absolute atomic E-state index is 0.339. The molecule has 0 radical (unpaired) electrons. The van der Waals surface area contributed by atoms with Crippen molar-refractivity contribution in [2.75, 3.05) is 19.1 Å². The quantitative estimate of drug-likeness (QED) is 0.526. The largest absolute Gasteiger partial charge is 0.467 e. The summed E-state index contributed by atoms with van der Waals surface area (Å²) in [7, 11) is 1.25. The molecule has 2 aromatic rings. The first kappa shape index (κ1) is 19.7. The fourth-order valence-corrected chi connectivity index (χ4v) is 3.14. The van der Waals surface area contributed by atoms with Crippen LogP contribution in [0.4, 0.5) is 0 Å². The summed E-state index contributed by atoms with van der Waals surface area (Å²) in [5.41, 5.74) is 1.93. The topological polar surface area (TPSA) is 63.7 Å². The van der Waals surface area contributed by atoms with E-state index in [-0.39, 0.29) is 0 Å².